The number of hydrazone groups is 1. The van der Waals surface area contributed by atoms with E-state index in [0.29, 0.717) is 0 Å². The minimum absolute atomic E-state index is 0.836. The van der Waals surface area contributed by atoms with E-state index in [9.17, 15) is 0 Å². The Morgan fingerprint density at radius 3 is 2.71 bits per heavy atom. The summed E-state index contributed by atoms with van der Waals surface area (Å²) < 4.78 is 0. The molecule has 0 aliphatic carbocycles. The molecule has 0 amide bonds. The first-order valence-corrected chi connectivity index (χ1v) is 5.35. The molecule has 0 atom stereocenters. The summed E-state index contributed by atoms with van der Waals surface area (Å²) >= 11 is 1.75. The van der Waals surface area contributed by atoms with Crippen LogP contribution >= 0.6 is 11.8 Å². The third kappa shape index (κ3) is 2.40. The van der Waals surface area contributed by atoms with Gasteiger partial charge in [-0.1, -0.05) is 17.7 Å². The van der Waals surface area contributed by atoms with Gasteiger partial charge in [0.2, 0.25) is 0 Å². The number of hydrogen-bond acceptors (Lipinski definition) is 5. The molecule has 0 radical (unpaired) electrons. The molecular weight excluding hydrogens is 196 g/mol. The number of hydrazine groups is 2. The quantitative estimate of drug-likeness (QED) is 0.649. The predicted octanol–water partition coefficient (Wildman–Crippen LogP) is 1.01. The summed E-state index contributed by atoms with van der Waals surface area (Å²) in [4.78, 5) is 1.26. The second-order valence-electron chi connectivity index (χ2n) is 3.02. The van der Waals surface area contributed by atoms with Crippen LogP contribution in [0.3, 0.4) is 0 Å². The van der Waals surface area contributed by atoms with Crippen LogP contribution in [0.1, 0.15) is 5.56 Å². The molecule has 14 heavy (non-hydrogen) atoms. The maximum atomic E-state index is 3.99. The lowest BCUT2D eigenvalue weighted by molar-refractivity contribution is 0.577. The van der Waals surface area contributed by atoms with E-state index in [1.807, 2.05) is 0 Å². The lowest BCUT2D eigenvalue weighted by Crippen LogP contribution is -2.35. The third-order valence-electron chi connectivity index (χ3n) is 1.85. The SMILES string of the molecule is Cc1ccc(SCC2=NNNN2)cc1. The molecule has 1 aromatic rings. The summed E-state index contributed by atoms with van der Waals surface area (Å²) in [7, 11) is 0. The standard InChI is InChI=1S/C9H12N4S/c1-7-2-4-8(5-3-7)14-6-9-10-12-13-11-9/h2-5,12-13H,6H2,1H3,(H,10,11). The molecular formula is C9H12N4S. The fourth-order valence-corrected chi connectivity index (χ4v) is 1.85. The van der Waals surface area contributed by atoms with Crippen LogP contribution in [0.25, 0.3) is 0 Å². The van der Waals surface area contributed by atoms with Crippen molar-refractivity contribution in [2.45, 2.75) is 11.8 Å². The Morgan fingerprint density at radius 2 is 2.07 bits per heavy atom. The van der Waals surface area contributed by atoms with Crippen molar-refractivity contribution in [3.63, 3.8) is 0 Å². The summed E-state index contributed by atoms with van der Waals surface area (Å²) in [5, 5.41) is 3.99. The number of thioether (sulfide) groups is 1. The number of rotatable bonds is 3. The van der Waals surface area contributed by atoms with Crippen LogP contribution in [0.15, 0.2) is 34.3 Å². The minimum atomic E-state index is 0.836. The molecule has 1 heterocycles. The summed E-state index contributed by atoms with van der Waals surface area (Å²) in [6.07, 6.45) is 0. The van der Waals surface area contributed by atoms with Crippen molar-refractivity contribution in [2.75, 3.05) is 5.75 Å². The van der Waals surface area contributed by atoms with Crippen molar-refractivity contribution in [3.05, 3.63) is 29.8 Å². The van der Waals surface area contributed by atoms with E-state index in [1.54, 1.807) is 11.8 Å². The Labute approximate surface area is 87.1 Å². The van der Waals surface area contributed by atoms with Gasteiger partial charge in [0.05, 0.1) is 5.75 Å². The van der Waals surface area contributed by atoms with Crippen LogP contribution in [-0.4, -0.2) is 11.6 Å². The Kier molecular flexibility index (Phi) is 2.90. The largest absolute Gasteiger partial charge is 0.288 e. The van der Waals surface area contributed by atoms with Crippen LogP contribution in [0.5, 0.6) is 0 Å². The number of hydrogen-bond donors (Lipinski definition) is 3. The van der Waals surface area contributed by atoms with Crippen molar-refractivity contribution >= 4 is 17.6 Å². The van der Waals surface area contributed by atoms with Gasteiger partial charge < -0.3 is 0 Å². The summed E-state index contributed by atoms with van der Waals surface area (Å²) in [5.41, 5.74) is 9.52. The van der Waals surface area contributed by atoms with Gasteiger partial charge in [0, 0.05) is 4.90 Å². The summed E-state index contributed by atoms with van der Waals surface area (Å²) in [6, 6.07) is 8.47. The second kappa shape index (κ2) is 4.34. The highest BCUT2D eigenvalue weighted by Crippen LogP contribution is 2.17. The first-order valence-electron chi connectivity index (χ1n) is 4.36. The van der Waals surface area contributed by atoms with Gasteiger partial charge in [-0.3, -0.25) is 5.43 Å². The lowest BCUT2D eigenvalue weighted by Gasteiger charge is -2.01. The first-order chi connectivity index (χ1) is 6.84. The lowest BCUT2D eigenvalue weighted by atomic mass is 10.2. The third-order valence-corrected chi connectivity index (χ3v) is 2.87. The van der Waals surface area contributed by atoms with Crippen LogP contribution in [-0.2, 0) is 0 Å². The average Bonchev–Trinajstić information content (AvgIpc) is 2.70. The van der Waals surface area contributed by atoms with E-state index in [-0.39, 0.29) is 0 Å². The van der Waals surface area contributed by atoms with Crippen molar-refractivity contribution in [1.29, 1.82) is 0 Å². The Morgan fingerprint density at radius 1 is 1.29 bits per heavy atom. The van der Waals surface area contributed by atoms with Gasteiger partial charge in [-0.05, 0) is 19.1 Å². The molecule has 1 aliphatic rings. The van der Waals surface area contributed by atoms with E-state index >= 15 is 0 Å². The molecule has 1 aliphatic heterocycles. The molecule has 2 rings (SSSR count). The molecule has 0 unspecified atom stereocenters. The van der Waals surface area contributed by atoms with Crippen molar-refractivity contribution in [2.24, 2.45) is 5.10 Å². The molecule has 1 aromatic carbocycles. The van der Waals surface area contributed by atoms with Crippen LogP contribution < -0.4 is 16.5 Å². The van der Waals surface area contributed by atoms with Crippen molar-refractivity contribution < 1.29 is 0 Å². The molecule has 0 spiro atoms. The number of nitrogens with zero attached hydrogens (tertiary/aromatic N) is 1. The van der Waals surface area contributed by atoms with Crippen LogP contribution in [0.2, 0.25) is 0 Å². The van der Waals surface area contributed by atoms with E-state index in [2.05, 4.69) is 52.8 Å². The normalized spacial score (nSPS) is 14.5. The highest BCUT2D eigenvalue weighted by molar-refractivity contribution is 8.00. The zero-order chi connectivity index (χ0) is 9.80. The van der Waals surface area contributed by atoms with Crippen molar-refractivity contribution in [3.8, 4) is 0 Å². The second-order valence-corrected chi connectivity index (χ2v) is 4.07. The number of nitrogens with one attached hydrogen (secondary N) is 3. The monoisotopic (exact) mass is 208 g/mol. The van der Waals surface area contributed by atoms with Gasteiger partial charge in [-0.15, -0.1) is 22.4 Å². The highest BCUT2D eigenvalue weighted by Gasteiger charge is 2.04. The summed E-state index contributed by atoms with van der Waals surface area (Å²) in [6.45, 7) is 2.09. The van der Waals surface area contributed by atoms with Gasteiger partial charge in [0.15, 0.2) is 0 Å². The average molecular weight is 208 g/mol. The smallest absolute Gasteiger partial charge is 0.149 e. The topological polar surface area (TPSA) is 48.5 Å². The Balaban J connectivity index is 1.88. The maximum Gasteiger partial charge on any atom is 0.149 e. The van der Waals surface area contributed by atoms with E-state index < -0.39 is 0 Å². The van der Waals surface area contributed by atoms with E-state index in [4.69, 9.17) is 0 Å². The molecule has 5 heteroatoms. The molecule has 0 aromatic heterocycles. The molecule has 74 valence electrons. The number of aryl methyl sites for hydroxylation is 1. The molecule has 0 saturated carbocycles. The molecule has 0 fully saturated rings. The Hall–Kier alpha value is -1.20. The fraction of sp³-hybridized carbons (Fsp3) is 0.222. The predicted molar refractivity (Wildman–Crippen MR) is 58.7 cm³/mol. The maximum absolute atomic E-state index is 3.99. The minimum Gasteiger partial charge on any atom is -0.288 e. The fourth-order valence-electron chi connectivity index (χ4n) is 1.08. The molecule has 3 N–H and O–H groups in total. The van der Waals surface area contributed by atoms with Crippen LogP contribution in [0, 0.1) is 6.92 Å². The highest BCUT2D eigenvalue weighted by atomic mass is 32.2. The molecule has 4 nitrogen and oxygen atoms in total. The van der Waals surface area contributed by atoms with Crippen LogP contribution in [0.4, 0.5) is 0 Å². The van der Waals surface area contributed by atoms with E-state index in [0.717, 1.165) is 11.6 Å². The Bertz CT molecular complexity index is 333. The van der Waals surface area contributed by atoms with Gasteiger partial charge in [-0.2, -0.15) is 0 Å². The first kappa shape index (κ1) is 9.36. The van der Waals surface area contributed by atoms with E-state index in [1.165, 1.54) is 10.5 Å². The van der Waals surface area contributed by atoms with Crippen molar-refractivity contribution in [1.82, 2.24) is 16.5 Å². The van der Waals surface area contributed by atoms with Gasteiger partial charge >= 0.3 is 0 Å². The number of benzene rings is 1. The van der Waals surface area contributed by atoms with Gasteiger partial charge in [-0.25, -0.2) is 5.53 Å². The zero-order valence-corrected chi connectivity index (χ0v) is 8.69. The van der Waals surface area contributed by atoms with Gasteiger partial charge in [0.25, 0.3) is 0 Å². The molecule has 0 saturated heterocycles. The molecule has 0 bridgehead atoms. The summed E-state index contributed by atoms with van der Waals surface area (Å²) in [5.74, 6) is 1.75. The van der Waals surface area contributed by atoms with Gasteiger partial charge in [0.1, 0.15) is 5.84 Å². The zero-order valence-electron chi connectivity index (χ0n) is 7.87. The number of amidine groups is 1.